The number of ether oxygens (including phenoxy) is 1. The highest BCUT2D eigenvalue weighted by Gasteiger charge is 2.16. The Hall–Kier alpha value is -2.15. The van der Waals surface area contributed by atoms with Crippen LogP contribution in [0.25, 0.3) is 0 Å². The number of nitro benzene ring substituents is 1. The number of carboxylic acids is 1. The van der Waals surface area contributed by atoms with E-state index in [0.29, 0.717) is 0 Å². The highest BCUT2D eigenvalue weighted by molar-refractivity contribution is 5.88. The predicted molar refractivity (Wildman–Crippen MR) is 50.2 cm³/mol. The van der Waals surface area contributed by atoms with Crippen molar-refractivity contribution < 1.29 is 25.0 Å². The number of methoxy groups -OCH3 is 1. The van der Waals surface area contributed by atoms with E-state index in [2.05, 4.69) is 0 Å². The Morgan fingerprint density at radius 1 is 1.53 bits per heavy atom. The summed E-state index contributed by atoms with van der Waals surface area (Å²) >= 11 is 0. The normalized spacial score (nSPS) is 8.87. The lowest BCUT2D eigenvalue weighted by atomic mass is 10.2. The van der Waals surface area contributed by atoms with Crippen LogP contribution in [-0.2, 0) is 0 Å². The molecule has 0 aliphatic carbocycles. The van der Waals surface area contributed by atoms with Crippen LogP contribution < -0.4 is 4.74 Å². The van der Waals surface area contributed by atoms with Crippen molar-refractivity contribution in [2.75, 3.05) is 7.11 Å². The quantitative estimate of drug-likeness (QED) is 0.580. The SMILES string of the molecule is COc1cc(C(=O)O)ccc1[N+](=O)[O-].O. The number of nitrogens with zero attached hydrogens (tertiary/aromatic N) is 1. The summed E-state index contributed by atoms with van der Waals surface area (Å²) in [4.78, 5) is 20.3. The third kappa shape index (κ3) is 2.64. The molecule has 3 N–H and O–H groups in total. The monoisotopic (exact) mass is 215 g/mol. The Labute approximate surface area is 84.4 Å². The number of nitro groups is 1. The molecule has 82 valence electrons. The Morgan fingerprint density at radius 2 is 2.13 bits per heavy atom. The third-order valence-electron chi connectivity index (χ3n) is 1.62. The molecule has 0 aliphatic heterocycles. The lowest BCUT2D eigenvalue weighted by Gasteiger charge is -2.01. The molecule has 15 heavy (non-hydrogen) atoms. The van der Waals surface area contributed by atoms with Crippen molar-refractivity contribution in [3.63, 3.8) is 0 Å². The Bertz CT molecular complexity index is 389. The molecule has 0 fully saturated rings. The van der Waals surface area contributed by atoms with Gasteiger partial charge in [-0.2, -0.15) is 0 Å². The minimum Gasteiger partial charge on any atom is -0.490 e. The standard InChI is InChI=1S/C8H7NO5.H2O/c1-14-7-4-5(8(10)11)2-3-6(7)9(12)13;/h2-4H,1H3,(H,10,11);1H2. The number of aromatic carboxylic acids is 1. The molecule has 7 heteroatoms. The van der Waals surface area contributed by atoms with Gasteiger partial charge in [-0.25, -0.2) is 4.79 Å². The molecule has 1 aromatic carbocycles. The van der Waals surface area contributed by atoms with Crippen molar-refractivity contribution in [3.05, 3.63) is 33.9 Å². The van der Waals surface area contributed by atoms with Crippen LogP contribution >= 0.6 is 0 Å². The van der Waals surface area contributed by atoms with E-state index in [-0.39, 0.29) is 22.5 Å². The maximum absolute atomic E-state index is 10.5. The first-order valence-electron chi connectivity index (χ1n) is 3.62. The van der Waals surface area contributed by atoms with Crippen molar-refractivity contribution in [3.8, 4) is 5.75 Å². The molecule has 0 heterocycles. The fourth-order valence-corrected chi connectivity index (χ4v) is 0.961. The lowest BCUT2D eigenvalue weighted by Crippen LogP contribution is -1.99. The van der Waals surface area contributed by atoms with Crippen molar-refractivity contribution in [1.82, 2.24) is 0 Å². The fourth-order valence-electron chi connectivity index (χ4n) is 0.961. The summed E-state index contributed by atoms with van der Waals surface area (Å²) in [5.41, 5.74) is -0.301. The van der Waals surface area contributed by atoms with Gasteiger partial charge in [0.05, 0.1) is 17.6 Å². The van der Waals surface area contributed by atoms with Gasteiger partial charge in [0.2, 0.25) is 0 Å². The molecule has 1 aromatic rings. The summed E-state index contributed by atoms with van der Waals surface area (Å²) < 4.78 is 4.69. The molecule has 0 spiro atoms. The van der Waals surface area contributed by atoms with Crippen molar-refractivity contribution in [2.24, 2.45) is 0 Å². The first kappa shape index (κ1) is 12.8. The summed E-state index contributed by atoms with van der Waals surface area (Å²) in [6.45, 7) is 0. The van der Waals surface area contributed by atoms with Gasteiger partial charge in [0.15, 0.2) is 5.75 Å². The second-order valence-electron chi connectivity index (χ2n) is 2.45. The molecular formula is C8H9NO6. The van der Waals surface area contributed by atoms with E-state index in [0.717, 1.165) is 18.2 Å². The predicted octanol–water partition coefficient (Wildman–Crippen LogP) is 0.477. The molecular weight excluding hydrogens is 206 g/mol. The van der Waals surface area contributed by atoms with Crippen LogP contribution in [0.3, 0.4) is 0 Å². The maximum Gasteiger partial charge on any atom is 0.335 e. The van der Waals surface area contributed by atoms with E-state index < -0.39 is 10.9 Å². The summed E-state index contributed by atoms with van der Waals surface area (Å²) in [5, 5.41) is 19.0. The van der Waals surface area contributed by atoms with Crippen LogP contribution in [0.5, 0.6) is 5.75 Å². The van der Waals surface area contributed by atoms with Gasteiger partial charge in [-0.3, -0.25) is 10.1 Å². The first-order valence-corrected chi connectivity index (χ1v) is 3.62. The van der Waals surface area contributed by atoms with Gasteiger partial charge in [-0.05, 0) is 6.07 Å². The minimum absolute atomic E-state index is 0. The van der Waals surface area contributed by atoms with Crippen molar-refractivity contribution in [1.29, 1.82) is 0 Å². The summed E-state index contributed by atoms with van der Waals surface area (Å²) in [7, 11) is 1.24. The number of hydrogen-bond donors (Lipinski definition) is 1. The zero-order chi connectivity index (χ0) is 10.7. The van der Waals surface area contributed by atoms with Gasteiger partial charge in [0.1, 0.15) is 0 Å². The smallest absolute Gasteiger partial charge is 0.335 e. The Morgan fingerprint density at radius 3 is 2.53 bits per heavy atom. The van der Waals surface area contributed by atoms with E-state index >= 15 is 0 Å². The van der Waals surface area contributed by atoms with Gasteiger partial charge in [-0.15, -0.1) is 0 Å². The molecule has 0 saturated heterocycles. The zero-order valence-corrected chi connectivity index (χ0v) is 7.76. The number of rotatable bonds is 3. The third-order valence-corrected chi connectivity index (χ3v) is 1.62. The average Bonchev–Trinajstić information content (AvgIpc) is 2.16. The number of hydrogen-bond acceptors (Lipinski definition) is 4. The number of benzene rings is 1. The van der Waals surface area contributed by atoms with Crippen LogP contribution in [0, 0.1) is 10.1 Å². The van der Waals surface area contributed by atoms with E-state index in [4.69, 9.17) is 9.84 Å². The Balaban J connectivity index is 0.00000196. The molecule has 0 atom stereocenters. The van der Waals surface area contributed by atoms with Gasteiger partial charge < -0.3 is 15.3 Å². The van der Waals surface area contributed by atoms with Crippen LogP contribution in [-0.4, -0.2) is 28.6 Å². The first-order chi connectivity index (χ1) is 6.56. The van der Waals surface area contributed by atoms with Crippen molar-refractivity contribution >= 4 is 11.7 Å². The average molecular weight is 215 g/mol. The van der Waals surface area contributed by atoms with E-state index in [9.17, 15) is 14.9 Å². The number of carboxylic acid groups (broad SMARTS) is 1. The Kier molecular flexibility index (Phi) is 4.21. The highest BCUT2D eigenvalue weighted by Crippen LogP contribution is 2.27. The molecule has 0 radical (unpaired) electrons. The van der Waals surface area contributed by atoms with E-state index in [1.54, 1.807) is 0 Å². The second kappa shape index (κ2) is 4.91. The van der Waals surface area contributed by atoms with Crippen LogP contribution in [0.4, 0.5) is 5.69 Å². The largest absolute Gasteiger partial charge is 0.490 e. The molecule has 0 amide bonds. The van der Waals surface area contributed by atoms with E-state index in [1.807, 2.05) is 0 Å². The minimum atomic E-state index is -1.15. The molecule has 0 aliphatic rings. The van der Waals surface area contributed by atoms with Crippen LogP contribution in [0.1, 0.15) is 10.4 Å². The second-order valence-corrected chi connectivity index (χ2v) is 2.45. The summed E-state index contributed by atoms with van der Waals surface area (Å²) in [6, 6.07) is 3.37. The topological polar surface area (TPSA) is 121 Å². The molecule has 0 bridgehead atoms. The fraction of sp³-hybridized carbons (Fsp3) is 0.125. The van der Waals surface area contributed by atoms with Crippen molar-refractivity contribution in [2.45, 2.75) is 0 Å². The van der Waals surface area contributed by atoms with Crippen LogP contribution in [0.15, 0.2) is 18.2 Å². The number of carbonyl (C=O) groups is 1. The van der Waals surface area contributed by atoms with Gasteiger partial charge in [0, 0.05) is 12.1 Å². The van der Waals surface area contributed by atoms with Crippen LogP contribution in [0.2, 0.25) is 0 Å². The van der Waals surface area contributed by atoms with E-state index in [1.165, 1.54) is 7.11 Å². The highest BCUT2D eigenvalue weighted by atomic mass is 16.6. The molecule has 0 unspecified atom stereocenters. The summed E-state index contributed by atoms with van der Waals surface area (Å²) in [5.74, 6) is -1.21. The lowest BCUT2D eigenvalue weighted by molar-refractivity contribution is -0.385. The molecule has 0 saturated carbocycles. The zero-order valence-electron chi connectivity index (χ0n) is 7.76. The molecule has 0 aromatic heterocycles. The van der Waals surface area contributed by atoms with Gasteiger partial charge in [-0.1, -0.05) is 0 Å². The van der Waals surface area contributed by atoms with Gasteiger partial charge in [0.25, 0.3) is 0 Å². The molecule has 7 nitrogen and oxygen atoms in total. The maximum atomic E-state index is 10.5. The molecule has 1 rings (SSSR count). The summed E-state index contributed by atoms with van der Waals surface area (Å²) in [6.07, 6.45) is 0. The van der Waals surface area contributed by atoms with Gasteiger partial charge >= 0.3 is 11.7 Å².